The summed E-state index contributed by atoms with van der Waals surface area (Å²) in [6.07, 6.45) is 2.71. The molecule has 1 aromatic carbocycles. The molecule has 0 amide bonds. The molecule has 6 heteroatoms. The van der Waals surface area contributed by atoms with Gasteiger partial charge in [-0.15, -0.1) is 0 Å². The lowest BCUT2D eigenvalue weighted by molar-refractivity contribution is 0.370. The van der Waals surface area contributed by atoms with Gasteiger partial charge >= 0.3 is 0 Å². The molecule has 0 spiro atoms. The Morgan fingerprint density at radius 2 is 2.19 bits per heavy atom. The van der Waals surface area contributed by atoms with Gasteiger partial charge in [0.05, 0.1) is 7.11 Å². The average molecular weight is 312 g/mol. The number of nitrogens with one attached hydrogen (secondary N) is 1. The molecule has 1 atom stereocenters. The number of nitrogens with zero attached hydrogens (tertiary/aromatic N) is 1. The molecule has 0 aromatic heterocycles. The number of hydrogen-bond donors (Lipinski definition) is 1. The van der Waals surface area contributed by atoms with E-state index in [0.717, 1.165) is 24.8 Å². The highest BCUT2D eigenvalue weighted by atomic mass is 32.2. The van der Waals surface area contributed by atoms with Gasteiger partial charge in [-0.2, -0.15) is 4.31 Å². The van der Waals surface area contributed by atoms with E-state index in [2.05, 4.69) is 5.32 Å². The molecule has 1 aromatic rings. The van der Waals surface area contributed by atoms with Crippen LogP contribution in [0.3, 0.4) is 0 Å². The molecule has 1 heterocycles. The summed E-state index contributed by atoms with van der Waals surface area (Å²) in [6.45, 7) is 3.26. The van der Waals surface area contributed by atoms with Gasteiger partial charge in [-0.05, 0) is 44.0 Å². The zero-order valence-electron chi connectivity index (χ0n) is 12.9. The van der Waals surface area contributed by atoms with Gasteiger partial charge in [0.25, 0.3) is 0 Å². The minimum absolute atomic E-state index is 0.104. The third kappa shape index (κ3) is 3.22. The number of rotatable bonds is 6. The molecule has 0 saturated carbocycles. The maximum Gasteiger partial charge on any atom is 0.247 e. The average Bonchev–Trinajstić information content (AvgIpc) is 2.97. The number of sulfonamides is 1. The first-order valence-electron chi connectivity index (χ1n) is 7.38. The normalized spacial score (nSPS) is 19.9. The molecular weight excluding hydrogens is 288 g/mol. The summed E-state index contributed by atoms with van der Waals surface area (Å²) in [5, 5.41) is 3.04. The van der Waals surface area contributed by atoms with Gasteiger partial charge in [-0.3, -0.25) is 0 Å². The molecular formula is C15H24N2O3S. The summed E-state index contributed by atoms with van der Waals surface area (Å²) < 4.78 is 32.8. The Balaban J connectivity index is 2.44. The second kappa shape index (κ2) is 6.77. The summed E-state index contributed by atoms with van der Waals surface area (Å²) in [4.78, 5) is 0.276. The smallest absolute Gasteiger partial charge is 0.247 e. The molecule has 0 bridgehead atoms. The zero-order chi connectivity index (χ0) is 15.5. The summed E-state index contributed by atoms with van der Waals surface area (Å²) in [5.74, 6) is 0.414. The Hall–Kier alpha value is -1.11. The fourth-order valence-electron chi connectivity index (χ4n) is 2.90. The third-order valence-corrected chi connectivity index (χ3v) is 5.96. The van der Waals surface area contributed by atoms with Crippen LogP contribution in [0.5, 0.6) is 5.75 Å². The highest BCUT2D eigenvalue weighted by Crippen LogP contribution is 2.33. The van der Waals surface area contributed by atoms with E-state index < -0.39 is 10.0 Å². The van der Waals surface area contributed by atoms with Gasteiger partial charge < -0.3 is 10.1 Å². The largest absolute Gasteiger partial charge is 0.495 e. The maximum atomic E-state index is 13.0. The van der Waals surface area contributed by atoms with E-state index in [-0.39, 0.29) is 10.9 Å². The standard InChI is InChI=1S/C15H24N2O3S/c1-4-13-6-5-9-17(13)21(18,19)15-10-12(11-16-2)7-8-14(15)20-3/h7-8,10,13,16H,4-6,9,11H2,1-3H3. The van der Waals surface area contributed by atoms with Gasteiger partial charge in [0.2, 0.25) is 10.0 Å². The Kier molecular flexibility index (Phi) is 5.24. The van der Waals surface area contributed by atoms with E-state index >= 15 is 0 Å². The Labute approximate surface area is 127 Å². The molecule has 1 aliphatic rings. The van der Waals surface area contributed by atoms with Gasteiger partial charge in [-0.25, -0.2) is 8.42 Å². The minimum atomic E-state index is -3.50. The Bertz CT molecular complexity index is 587. The van der Waals surface area contributed by atoms with E-state index in [4.69, 9.17) is 4.74 Å². The van der Waals surface area contributed by atoms with Gasteiger partial charge in [-0.1, -0.05) is 13.0 Å². The number of methoxy groups -OCH3 is 1. The van der Waals surface area contributed by atoms with Gasteiger partial charge in [0.1, 0.15) is 10.6 Å². The fourth-order valence-corrected chi connectivity index (χ4v) is 4.87. The minimum Gasteiger partial charge on any atom is -0.495 e. The quantitative estimate of drug-likeness (QED) is 0.872. The van der Waals surface area contributed by atoms with Crippen molar-refractivity contribution in [2.45, 2.75) is 43.7 Å². The zero-order valence-corrected chi connectivity index (χ0v) is 13.7. The van der Waals surface area contributed by atoms with Gasteiger partial charge in [0, 0.05) is 19.1 Å². The van der Waals surface area contributed by atoms with Crippen LogP contribution in [0.25, 0.3) is 0 Å². The molecule has 1 aliphatic heterocycles. The summed E-state index contributed by atoms with van der Waals surface area (Å²) in [7, 11) is -0.156. The van der Waals surface area contributed by atoms with Crippen molar-refractivity contribution in [1.82, 2.24) is 9.62 Å². The number of ether oxygens (including phenoxy) is 1. The summed E-state index contributed by atoms with van der Waals surface area (Å²) >= 11 is 0. The topological polar surface area (TPSA) is 58.6 Å². The highest BCUT2D eigenvalue weighted by molar-refractivity contribution is 7.89. The van der Waals surface area contributed by atoms with E-state index in [1.165, 1.54) is 7.11 Å². The molecule has 0 radical (unpaired) electrons. The monoisotopic (exact) mass is 312 g/mol. The maximum absolute atomic E-state index is 13.0. The first kappa shape index (κ1) is 16.3. The summed E-state index contributed by atoms with van der Waals surface area (Å²) in [6, 6.07) is 5.44. The van der Waals surface area contributed by atoms with E-state index in [9.17, 15) is 8.42 Å². The first-order chi connectivity index (χ1) is 10.0. The van der Waals surface area contributed by atoms with Crippen molar-refractivity contribution >= 4 is 10.0 Å². The molecule has 2 rings (SSSR count). The first-order valence-corrected chi connectivity index (χ1v) is 8.82. The second-order valence-corrected chi connectivity index (χ2v) is 7.19. The molecule has 5 nitrogen and oxygen atoms in total. The SMILES string of the molecule is CCC1CCCN1S(=O)(=O)c1cc(CNC)ccc1OC. The highest BCUT2D eigenvalue weighted by Gasteiger charge is 2.35. The molecule has 118 valence electrons. The molecule has 1 saturated heterocycles. The van der Waals surface area contributed by atoms with Crippen LogP contribution >= 0.6 is 0 Å². The lowest BCUT2D eigenvalue weighted by Gasteiger charge is -2.24. The van der Waals surface area contributed by atoms with E-state index in [0.29, 0.717) is 18.8 Å². The van der Waals surface area contributed by atoms with Crippen molar-refractivity contribution in [2.75, 3.05) is 20.7 Å². The van der Waals surface area contributed by atoms with Crippen LogP contribution < -0.4 is 10.1 Å². The van der Waals surface area contributed by atoms with E-state index in [1.807, 2.05) is 20.0 Å². The van der Waals surface area contributed by atoms with Crippen LogP contribution in [-0.4, -0.2) is 39.5 Å². The predicted octanol–water partition coefficient (Wildman–Crippen LogP) is 1.98. The number of benzene rings is 1. The Morgan fingerprint density at radius 3 is 2.81 bits per heavy atom. The van der Waals surface area contributed by atoms with Crippen LogP contribution in [-0.2, 0) is 16.6 Å². The molecule has 0 aliphatic carbocycles. The van der Waals surface area contributed by atoms with Crippen molar-refractivity contribution in [3.8, 4) is 5.75 Å². The second-order valence-electron chi connectivity index (χ2n) is 5.34. The van der Waals surface area contributed by atoms with Crippen molar-refractivity contribution in [1.29, 1.82) is 0 Å². The predicted molar refractivity (Wildman–Crippen MR) is 83.0 cm³/mol. The van der Waals surface area contributed by atoms with E-state index in [1.54, 1.807) is 16.4 Å². The van der Waals surface area contributed by atoms with Crippen LogP contribution in [0.2, 0.25) is 0 Å². The van der Waals surface area contributed by atoms with Crippen molar-refractivity contribution in [3.63, 3.8) is 0 Å². The fraction of sp³-hybridized carbons (Fsp3) is 0.600. The van der Waals surface area contributed by atoms with Crippen LogP contribution in [0.15, 0.2) is 23.1 Å². The van der Waals surface area contributed by atoms with Crippen LogP contribution in [0, 0.1) is 0 Å². The molecule has 1 unspecified atom stereocenters. The molecule has 1 fully saturated rings. The molecule has 1 N–H and O–H groups in total. The molecule has 21 heavy (non-hydrogen) atoms. The van der Waals surface area contributed by atoms with Crippen LogP contribution in [0.1, 0.15) is 31.7 Å². The van der Waals surface area contributed by atoms with Crippen molar-refractivity contribution in [3.05, 3.63) is 23.8 Å². The summed E-state index contributed by atoms with van der Waals surface area (Å²) in [5.41, 5.74) is 0.934. The Morgan fingerprint density at radius 1 is 1.43 bits per heavy atom. The lowest BCUT2D eigenvalue weighted by atomic mass is 10.2. The van der Waals surface area contributed by atoms with Crippen molar-refractivity contribution in [2.24, 2.45) is 0 Å². The number of hydrogen-bond acceptors (Lipinski definition) is 4. The van der Waals surface area contributed by atoms with Gasteiger partial charge in [0.15, 0.2) is 0 Å². The van der Waals surface area contributed by atoms with Crippen LogP contribution in [0.4, 0.5) is 0 Å². The van der Waals surface area contributed by atoms with Crippen molar-refractivity contribution < 1.29 is 13.2 Å². The lowest BCUT2D eigenvalue weighted by Crippen LogP contribution is -2.35. The third-order valence-electron chi connectivity index (χ3n) is 3.99.